The molecule has 0 atom stereocenters. The summed E-state index contributed by atoms with van der Waals surface area (Å²) < 4.78 is 4.95. The standard InChI is InChI=1S/C65H39N5/c1-2-17-41(18-3-1)63-66-64(68-65(67-63)57-36-45-22-7-9-23-48(45)51-26-12-13-27-52(51)57)46-34-44-21-8-10-24-49(44)59(38-46)70-60-37-43-20-5-4-19-42(43)35-56(60)54-33-31-47(39-61(54)70)69-58-29-15-14-28-53(58)55-32-30-40-16-6-11-25-50(40)62(55)69/h1-39H. The van der Waals surface area contributed by atoms with E-state index < -0.39 is 0 Å². The van der Waals surface area contributed by atoms with Gasteiger partial charge in [-0.05, 0) is 91.6 Å². The Kier molecular flexibility index (Phi) is 8.29. The van der Waals surface area contributed by atoms with Crippen LogP contribution in [-0.2, 0) is 0 Å². The molecule has 0 unspecified atom stereocenters. The van der Waals surface area contributed by atoms with Gasteiger partial charge in [0.05, 0.1) is 27.8 Å². The molecule has 12 aromatic carbocycles. The summed E-state index contributed by atoms with van der Waals surface area (Å²) in [6.45, 7) is 0. The predicted molar refractivity (Wildman–Crippen MR) is 292 cm³/mol. The maximum Gasteiger partial charge on any atom is 0.164 e. The van der Waals surface area contributed by atoms with Crippen molar-refractivity contribution in [1.82, 2.24) is 24.1 Å². The minimum Gasteiger partial charge on any atom is -0.309 e. The number of aromatic nitrogens is 5. The van der Waals surface area contributed by atoms with Gasteiger partial charge in [-0.15, -0.1) is 0 Å². The lowest BCUT2D eigenvalue weighted by atomic mass is 9.97. The zero-order valence-corrected chi connectivity index (χ0v) is 37.8. The highest BCUT2D eigenvalue weighted by Gasteiger charge is 2.22. The van der Waals surface area contributed by atoms with E-state index in [1.54, 1.807) is 0 Å². The highest BCUT2D eigenvalue weighted by atomic mass is 15.0. The zero-order valence-electron chi connectivity index (χ0n) is 37.8. The van der Waals surface area contributed by atoms with Crippen molar-refractivity contribution >= 4 is 97.5 Å². The van der Waals surface area contributed by atoms with Gasteiger partial charge in [-0.25, -0.2) is 15.0 Å². The Hall–Kier alpha value is -9.45. The molecule has 3 heterocycles. The molecule has 0 fully saturated rings. The lowest BCUT2D eigenvalue weighted by Crippen LogP contribution is -2.02. The van der Waals surface area contributed by atoms with Gasteiger partial charge in [0.1, 0.15) is 0 Å². The predicted octanol–water partition coefficient (Wildman–Crippen LogP) is 16.8. The molecule has 0 amide bonds. The summed E-state index contributed by atoms with van der Waals surface area (Å²) in [5.41, 5.74) is 9.57. The molecule has 0 radical (unpaired) electrons. The van der Waals surface area contributed by atoms with Gasteiger partial charge in [0.25, 0.3) is 0 Å². The van der Waals surface area contributed by atoms with E-state index in [0.717, 1.165) is 60.6 Å². The van der Waals surface area contributed by atoms with Crippen molar-refractivity contribution in [3.63, 3.8) is 0 Å². The van der Waals surface area contributed by atoms with E-state index in [0.29, 0.717) is 17.5 Å². The third kappa shape index (κ3) is 5.82. The van der Waals surface area contributed by atoms with Gasteiger partial charge in [-0.2, -0.15) is 0 Å². The second kappa shape index (κ2) is 15.0. The highest BCUT2D eigenvalue weighted by molar-refractivity contribution is 6.20. The molecule has 0 saturated heterocycles. The summed E-state index contributed by atoms with van der Waals surface area (Å²) in [4.78, 5) is 16.0. The van der Waals surface area contributed by atoms with Gasteiger partial charge in [-0.3, -0.25) is 0 Å². The first-order chi connectivity index (χ1) is 34.7. The van der Waals surface area contributed by atoms with Crippen molar-refractivity contribution in [2.24, 2.45) is 0 Å². The van der Waals surface area contributed by atoms with Crippen molar-refractivity contribution < 1.29 is 0 Å². The van der Waals surface area contributed by atoms with E-state index >= 15 is 0 Å². The Labute approximate surface area is 401 Å². The number of benzene rings is 12. The molecule has 70 heavy (non-hydrogen) atoms. The summed E-state index contributed by atoms with van der Waals surface area (Å²) in [6, 6.07) is 85.4. The van der Waals surface area contributed by atoms with Crippen molar-refractivity contribution in [2.75, 3.05) is 0 Å². The quantitative estimate of drug-likeness (QED) is 0.162. The van der Waals surface area contributed by atoms with E-state index in [-0.39, 0.29) is 0 Å². The van der Waals surface area contributed by atoms with Crippen LogP contribution in [-0.4, -0.2) is 24.1 Å². The van der Waals surface area contributed by atoms with Crippen molar-refractivity contribution in [2.45, 2.75) is 0 Å². The molecule has 5 heteroatoms. The molecule has 0 spiro atoms. The van der Waals surface area contributed by atoms with Gasteiger partial charge in [0.15, 0.2) is 17.5 Å². The van der Waals surface area contributed by atoms with E-state index in [2.05, 4.69) is 228 Å². The minimum atomic E-state index is 0.608. The molecule has 0 aliphatic rings. The Morgan fingerprint density at radius 2 is 0.814 bits per heavy atom. The molecule has 0 aliphatic heterocycles. The molecule has 0 saturated carbocycles. The van der Waals surface area contributed by atoms with Crippen LogP contribution in [0.4, 0.5) is 0 Å². The largest absolute Gasteiger partial charge is 0.309 e. The number of hydrogen-bond acceptors (Lipinski definition) is 3. The van der Waals surface area contributed by atoms with Gasteiger partial charge in [0.2, 0.25) is 0 Å². The second-order valence-corrected chi connectivity index (χ2v) is 18.4. The van der Waals surface area contributed by atoms with Crippen molar-refractivity contribution in [3.8, 4) is 45.5 Å². The first-order valence-corrected chi connectivity index (χ1v) is 23.8. The van der Waals surface area contributed by atoms with E-state index in [9.17, 15) is 0 Å². The fourth-order valence-corrected chi connectivity index (χ4v) is 11.3. The van der Waals surface area contributed by atoms with Gasteiger partial charge in [0, 0.05) is 54.7 Å². The van der Waals surface area contributed by atoms with E-state index in [1.165, 1.54) is 64.9 Å². The third-order valence-electron chi connectivity index (χ3n) is 14.5. The molecule has 15 rings (SSSR count). The summed E-state index contributed by atoms with van der Waals surface area (Å²) in [5.74, 6) is 1.86. The van der Waals surface area contributed by atoms with Gasteiger partial charge in [-0.1, -0.05) is 188 Å². The molecule has 0 aliphatic carbocycles. The summed E-state index contributed by atoms with van der Waals surface area (Å²) in [6.07, 6.45) is 0. The molecule has 324 valence electrons. The van der Waals surface area contributed by atoms with Crippen LogP contribution in [0, 0.1) is 0 Å². The second-order valence-electron chi connectivity index (χ2n) is 18.4. The number of para-hydroxylation sites is 1. The van der Waals surface area contributed by atoms with Crippen LogP contribution in [0.1, 0.15) is 0 Å². The van der Waals surface area contributed by atoms with Crippen LogP contribution in [0.3, 0.4) is 0 Å². The number of hydrogen-bond donors (Lipinski definition) is 0. The molecular weight excluding hydrogens is 851 g/mol. The number of fused-ring (bicyclic) bond motifs is 13. The molecular formula is C65H39N5. The first kappa shape index (κ1) is 38.6. The SMILES string of the molecule is c1ccc(-c2nc(-c3cc(-n4c5cc(-n6c7ccccc7c7ccc8ccccc8c76)ccc5c5cc6ccccc6cc54)c4ccccc4c3)nc(-c3cc4ccccc4c4ccccc34)n2)cc1. The van der Waals surface area contributed by atoms with Crippen molar-refractivity contribution in [3.05, 3.63) is 237 Å². The smallest absolute Gasteiger partial charge is 0.164 e. The van der Waals surface area contributed by atoms with Crippen LogP contribution in [0.25, 0.3) is 143 Å². The lowest BCUT2D eigenvalue weighted by molar-refractivity contribution is 1.07. The number of nitrogens with zero attached hydrogens (tertiary/aromatic N) is 5. The number of rotatable bonds is 5. The molecule has 5 nitrogen and oxygen atoms in total. The topological polar surface area (TPSA) is 48.5 Å². The molecule has 15 aromatic rings. The summed E-state index contributed by atoms with van der Waals surface area (Å²) >= 11 is 0. The fourth-order valence-electron chi connectivity index (χ4n) is 11.3. The first-order valence-electron chi connectivity index (χ1n) is 23.8. The lowest BCUT2D eigenvalue weighted by Gasteiger charge is -2.16. The Morgan fingerprint density at radius 1 is 0.257 bits per heavy atom. The minimum absolute atomic E-state index is 0.608. The average Bonchev–Trinajstić information content (AvgIpc) is 3.94. The maximum absolute atomic E-state index is 5.45. The van der Waals surface area contributed by atoms with E-state index in [4.69, 9.17) is 15.0 Å². The highest BCUT2D eigenvalue weighted by Crippen LogP contribution is 2.43. The van der Waals surface area contributed by atoms with E-state index in [1.807, 2.05) is 18.2 Å². The van der Waals surface area contributed by atoms with Gasteiger partial charge >= 0.3 is 0 Å². The average molecular weight is 890 g/mol. The summed E-state index contributed by atoms with van der Waals surface area (Å²) in [5, 5.41) is 16.5. The van der Waals surface area contributed by atoms with Crippen LogP contribution >= 0.6 is 0 Å². The molecule has 3 aromatic heterocycles. The Bertz CT molecular complexity index is 4660. The van der Waals surface area contributed by atoms with Crippen LogP contribution in [0.2, 0.25) is 0 Å². The van der Waals surface area contributed by atoms with Crippen LogP contribution < -0.4 is 0 Å². The monoisotopic (exact) mass is 889 g/mol. The fraction of sp³-hybridized carbons (Fsp3) is 0. The Balaban J connectivity index is 1.03. The maximum atomic E-state index is 5.45. The van der Waals surface area contributed by atoms with Crippen LogP contribution in [0.15, 0.2) is 237 Å². The van der Waals surface area contributed by atoms with Gasteiger partial charge < -0.3 is 9.13 Å². The normalized spacial score (nSPS) is 12.0. The van der Waals surface area contributed by atoms with Crippen molar-refractivity contribution in [1.29, 1.82) is 0 Å². The van der Waals surface area contributed by atoms with Crippen LogP contribution in [0.5, 0.6) is 0 Å². The summed E-state index contributed by atoms with van der Waals surface area (Å²) in [7, 11) is 0. The molecule has 0 N–H and O–H groups in total. The molecule has 0 bridgehead atoms. The Morgan fingerprint density at radius 3 is 1.61 bits per heavy atom. The third-order valence-corrected chi connectivity index (χ3v) is 14.5. The zero-order chi connectivity index (χ0) is 45.9.